The van der Waals surface area contributed by atoms with Crippen molar-refractivity contribution >= 4 is 38.0 Å². The number of rotatable bonds is 12. The van der Waals surface area contributed by atoms with E-state index < -0.39 is 81.0 Å². The first kappa shape index (κ1) is 46.2. The van der Waals surface area contributed by atoms with Gasteiger partial charge in [-0.2, -0.15) is 26.3 Å². The molecule has 7 nitrogen and oxygen atoms in total. The van der Waals surface area contributed by atoms with Gasteiger partial charge in [-0.1, -0.05) is 54.0 Å². The summed E-state index contributed by atoms with van der Waals surface area (Å²) >= 11 is 6.48. The smallest absolute Gasteiger partial charge is 0.416 e. The summed E-state index contributed by atoms with van der Waals surface area (Å²) < 4.78 is 129. The molecule has 1 N–H and O–H groups in total. The van der Waals surface area contributed by atoms with Crippen LogP contribution in [0.25, 0.3) is 0 Å². The van der Waals surface area contributed by atoms with Gasteiger partial charge in [-0.25, -0.2) is 18.6 Å². The second-order valence-electron chi connectivity index (χ2n) is 16.3. The SMILES string of the molecule is CC(OCC1(c2ccc(F)cc2)CC(Br)N(C(=O)O)C(C(C)(C)C(C(C)OCC2(c3ccc(F)cc3)CCN(C)CC2)C(F)(F)F)C1)c1cc(C(F)(F)F)cc(Br)n1. The van der Waals surface area contributed by atoms with Crippen molar-refractivity contribution in [3.63, 3.8) is 0 Å². The van der Waals surface area contributed by atoms with Gasteiger partial charge in [0.1, 0.15) is 16.2 Å². The van der Waals surface area contributed by atoms with Gasteiger partial charge in [0.15, 0.2) is 0 Å². The molecule has 0 saturated carbocycles. The van der Waals surface area contributed by atoms with E-state index in [2.05, 4.69) is 41.7 Å². The molecule has 2 fully saturated rings. The highest BCUT2D eigenvalue weighted by Crippen LogP contribution is 2.54. The Kier molecular flexibility index (Phi) is 14.0. The van der Waals surface area contributed by atoms with Crippen LogP contribution < -0.4 is 0 Å². The highest BCUT2D eigenvalue weighted by atomic mass is 79.9. The Bertz CT molecular complexity index is 1870. The lowest BCUT2D eigenvalue weighted by atomic mass is 9.61. The Morgan fingerprint density at radius 3 is 1.90 bits per heavy atom. The molecule has 2 aliphatic heterocycles. The lowest BCUT2D eigenvalue weighted by molar-refractivity contribution is -0.247. The van der Waals surface area contributed by atoms with Crippen molar-refractivity contribution in [3.8, 4) is 0 Å². The molecule has 3 aromatic rings. The fourth-order valence-corrected chi connectivity index (χ4v) is 10.3. The molecule has 3 heterocycles. The molecule has 0 spiro atoms. The number of alkyl halides is 7. The molecule has 2 saturated heterocycles. The molecule has 6 unspecified atom stereocenters. The number of amides is 1. The predicted octanol–water partition coefficient (Wildman–Crippen LogP) is 11.3. The number of ether oxygens (including phenoxy) is 2. The maximum absolute atomic E-state index is 15.6. The molecular formula is C41H47Br2F8N3O4. The number of likely N-dealkylation sites (tertiary alicyclic amines) is 2. The second kappa shape index (κ2) is 17.6. The van der Waals surface area contributed by atoms with Gasteiger partial charge in [0, 0.05) is 16.9 Å². The second-order valence-corrected chi connectivity index (χ2v) is 18.2. The van der Waals surface area contributed by atoms with E-state index in [9.17, 15) is 31.9 Å². The first-order valence-electron chi connectivity index (χ1n) is 18.8. The number of pyridine rings is 1. The van der Waals surface area contributed by atoms with E-state index in [1.165, 1.54) is 64.1 Å². The summed E-state index contributed by atoms with van der Waals surface area (Å²) in [6, 6.07) is 11.4. The molecular weight excluding hydrogens is 910 g/mol. The molecule has 320 valence electrons. The zero-order valence-electron chi connectivity index (χ0n) is 32.6. The van der Waals surface area contributed by atoms with Gasteiger partial charge in [0.2, 0.25) is 0 Å². The number of carbonyl (C=O) groups is 1. The third-order valence-corrected chi connectivity index (χ3v) is 13.3. The van der Waals surface area contributed by atoms with Crippen LogP contribution in [0.15, 0.2) is 65.3 Å². The molecule has 1 aromatic heterocycles. The quantitative estimate of drug-likeness (QED) is 0.0844. The molecule has 1 amide bonds. The summed E-state index contributed by atoms with van der Waals surface area (Å²) in [6.45, 7) is 6.39. The number of piperidine rings is 2. The van der Waals surface area contributed by atoms with Crippen molar-refractivity contribution in [1.82, 2.24) is 14.8 Å². The van der Waals surface area contributed by atoms with Crippen molar-refractivity contribution < 1.29 is 54.5 Å². The summed E-state index contributed by atoms with van der Waals surface area (Å²) in [5.41, 5.74) is -3.73. The first-order chi connectivity index (χ1) is 26.9. The van der Waals surface area contributed by atoms with Crippen LogP contribution in [0.5, 0.6) is 0 Å². The van der Waals surface area contributed by atoms with E-state index in [1.54, 1.807) is 12.1 Å². The number of nitrogens with zero attached hydrogens (tertiary/aromatic N) is 3. The predicted molar refractivity (Wildman–Crippen MR) is 209 cm³/mol. The zero-order valence-corrected chi connectivity index (χ0v) is 35.8. The molecule has 2 aromatic carbocycles. The summed E-state index contributed by atoms with van der Waals surface area (Å²) in [7, 11) is 1.94. The van der Waals surface area contributed by atoms with Crippen LogP contribution in [-0.2, 0) is 26.5 Å². The molecule has 5 rings (SSSR count). The third-order valence-electron chi connectivity index (χ3n) is 12.1. The molecule has 6 atom stereocenters. The minimum atomic E-state index is -4.89. The molecule has 2 aliphatic rings. The monoisotopic (exact) mass is 955 g/mol. The molecule has 0 aliphatic carbocycles. The number of halogens is 10. The van der Waals surface area contributed by atoms with Crippen LogP contribution in [0.4, 0.5) is 39.9 Å². The molecule has 17 heteroatoms. The van der Waals surface area contributed by atoms with Crippen LogP contribution in [0.3, 0.4) is 0 Å². The molecule has 0 radical (unpaired) electrons. The Balaban J connectivity index is 1.52. The summed E-state index contributed by atoms with van der Waals surface area (Å²) in [6.07, 6.45) is -12.8. The zero-order chi connectivity index (χ0) is 43.0. The fraction of sp³-hybridized carbons (Fsp3) is 0.561. The van der Waals surface area contributed by atoms with E-state index >= 15 is 13.2 Å². The highest BCUT2D eigenvalue weighted by molar-refractivity contribution is 9.10. The van der Waals surface area contributed by atoms with Crippen LogP contribution in [-0.4, -0.2) is 82.6 Å². The van der Waals surface area contributed by atoms with Crippen LogP contribution in [0.2, 0.25) is 0 Å². The summed E-state index contributed by atoms with van der Waals surface area (Å²) in [5.74, 6) is -3.26. The molecule has 58 heavy (non-hydrogen) atoms. The largest absolute Gasteiger partial charge is 0.465 e. The van der Waals surface area contributed by atoms with Gasteiger partial charge >= 0.3 is 18.4 Å². The minimum Gasteiger partial charge on any atom is -0.465 e. The van der Waals surface area contributed by atoms with Crippen LogP contribution in [0.1, 0.15) is 81.9 Å². The van der Waals surface area contributed by atoms with E-state index in [0.29, 0.717) is 31.5 Å². The van der Waals surface area contributed by atoms with Crippen LogP contribution >= 0.6 is 31.9 Å². The maximum Gasteiger partial charge on any atom is 0.416 e. The van der Waals surface area contributed by atoms with E-state index in [4.69, 9.17) is 9.47 Å². The van der Waals surface area contributed by atoms with Crippen molar-refractivity contribution in [3.05, 3.63) is 99.3 Å². The fourth-order valence-electron chi connectivity index (χ4n) is 8.80. The highest BCUT2D eigenvalue weighted by Gasteiger charge is 2.61. The summed E-state index contributed by atoms with van der Waals surface area (Å²) in [5, 5.41) is 10.6. The topological polar surface area (TPSA) is 75.1 Å². The van der Waals surface area contributed by atoms with Crippen LogP contribution in [0, 0.1) is 23.0 Å². The van der Waals surface area contributed by atoms with E-state index in [0.717, 1.165) is 22.6 Å². The van der Waals surface area contributed by atoms with Crippen molar-refractivity contribution in [2.24, 2.45) is 11.3 Å². The van der Waals surface area contributed by atoms with Gasteiger partial charge < -0.3 is 19.5 Å². The minimum absolute atomic E-state index is 0.0404. The number of benzene rings is 2. The van der Waals surface area contributed by atoms with Gasteiger partial charge in [-0.15, -0.1) is 0 Å². The van der Waals surface area contributed by atoms with E-state index in [1.807, 2.05) is 7.05 Å². The van der Waals surface area contributed by atoms with Gasteiger partial charge in [0.05, 0.1) is 47.5 Å². The Morgan fingerprint density at radius 1 is 0.879 bits per heavy atom. The van der Waals surface area contributed by atoms with E-state index in [-0.39, 0.29) is 36.4 Å². The Labute approximate surface area is 349 Å². The number of hydrogen-bond donors (Lipinski definition) is 1. The third kappa shape index (κ3) is 10.2. The lowest BCUT2D eigenvalue weighted by Crippen LogP contribution is -2.64. The first-order valence-corrected chi connectivity index (χ1v) is 20.5. The Morgan fingerprint density at radius 2 is 1.40 bits per heavy atom. The Hall–Kier alpha value is -2.86. The maximum atomic E-state index is 15.6. The molecule has 0 bridgehead atoms. The summed E-state index contributed by atoms with van der Waals surface area (Å²) in [4.78, 5) is 19.1. The number of carboxylic acid groups (broad SMARTS) is 1. The normalized spacial score (nSPS) is 23.7. The standard InChI is InChI=1S/C41H47Br2F8N3O4/c1-24(31-18-28(40(46,47)48)19-33(42)52-31)57-23-39(27-8-12-30(45)13-9-27)20-32(54(36(55)56)34(43)21-39)37(3,4)35(41(49,50)51)25(2)58-22-38(14-16-53(5)17-15-38)26-6-10-29(44)11-7-26/h6-13,18-19,24-25,32,34-35H,14-17,20-23H2,1-5H3,(H,55,56). The number of hydrogen-bond acceptors (Lipinski definition) is 5. The number of aromatic nitrogens is 1. The van der Waals surface area contributed by atoms with Crippen molar-refractivity contribution in [2.45, 2.75) is 99.8 Å². The van der Waals surface area contributed by atoms with Crippen molar-refractivity contribution in [1.29, 1.82) is 0 Å². The van der Waals surface area contributed by atoms with Crippen molar-refractivity contribution in [2.75, 3.05) is 33.4 Å². The lowest BCUT2D eigenvalue weighted by Gasteiger charge is -2.56. The van der Waals surface area contributed by atoms with Gasteiger partial charge in [-0.05, 0) is 129 Å². The van der Waals surface area contributed by atoms with Gasteiger partial charge in [-0.3, -0.25) is 4.90 Å². The van der Waals surface area contributed by atoms with Gasteiger partial charge in [0.25, 0.3) is 0 Å². The average molecular weight is 958 g/mol. The average Bonchev–Trinajstić information content (AvgIpc) is 3.12.